The molecule has 0 saturated carbocycles. The number of hydrogen-bond acceptors (Lipinski definition) is 4. The molecule has 0 fully saturated rings. The van der Waals surface area contributed by atoms with Gasteiger partial charge in [-0.15, -0.1) is 5.10 Å². The molecule has 0 aliphatic carbocycles. The standard InChI is InChI=1S/C5H7N3O2S/c1-4(5(9)10)11-8-3-2-6-7-8/h2-4H,1H3,(H,9,10). The molecule has 0 aliphatic rings. The van der Waals surface area contributed by atoms with Crippen molar-refractivity contribution in [2.24, 2.45) is 0 Å². The lowest BCUT2D eigenvalue weighted by Gasteiger charge is -2.02. The molecule has 11 heavy (non-hydrogen) atoms. The fourth-order valence-electron chi connectivity index (χ4n) is 0.461. The number of nitrogens with zero attached hydrogens (tertiary/aromatic N) is 3. The fourth-order valence-corrected chi connectivity index (χ4v) is 1.08. The highest BCUT2D eigenvalue weighted by Gasteiger charge is 2.12. The topological polar surface area (TPSA) is 68.0 Å². The monoisotopic (exact) mass is 173 g/mol. The Balaban J connectivity index is 2.50. The third-order valence-corrected chi connectivity index (χ3v) is 1.94. The summed E-state index contributed by atoms with van der Waals surface area (Å²) in [6.07, 6.45) is 3.10. The minimum Gasteiger partial charge on any atom is -0.480 e. The second kappa shape index (κ2) is 3.38. The smallest absolute Gasteiger partial charge is 0.318 e. The van der Waals surface area contributed by atoms with E-state index in [1.54, 1.807) is 13.1 Å². The number of carbonyl (C=O) groups is 1. The van der Waals surface area contributed by atoms with E-state index in [2.05, 4.69) is 10.3 Å². The lowest BCUT2D eigenvalue weighted by Crippen LogP contribution is -2.13. The van der Waals surface area contributed by atoms with Crippen molar-refractivity contribution in [1.29, 1.82) is 0 Å². The van der Waals surface area contributed by atoms with Crippen LogP contribution in [0.2, 0.25) is 0 Å². The summed E-state index contributed by atoms with van der Waals surface area (Å²) in [5, 5.41) is 15.1. The van der Waals surface area contributed by atoms with E-state index in [-0.39, 0.29) is 0 Å². The summed E-state index contributed by atoms with van der Waals surface area (Å²) in [5.74, 6) is -0.856. The number of carboxylic acid groups (broad SMARTS) is 1. The van der Waals surface area contributed by atoms with E-state index in [0.29, 0.717) is 0 Å². The van der Waals surface area contributed by atoms with Gasteiger partial charge < -0.3 is 5.11 Å². The number of hydrogen-bond donors (Lipinski definition) is 1. The highest BCUT2D eigenvalue weighted by molar-refractivity contribution is 7.99. The lowest BCUT2D eigenvalue weighted by molar-refractivity contribution is -0.136. The van der Waals surface area contributed by atoms with Gasteiger partial charge in [0.25, 0.3) is 0 Å². The number of rotatable bonds is 3. The zero-order valence-electron chi connectivity index (χ0n) is 5.84. The molecule has 1 aromatic rings. The SMILES string of the molecule is CC(Sn1ccnn1)C(=O)O. The Hall–Kier alpha value is -1.04. The first kappa shape index (κ1) is 8.06. The molecule has 0 spiro atoms. The summed E-state index contributed by atoms with van der Waals surface area (Å²) in [6, 6.07) is 0. The molecule has 0 amide bonds. The van der Waals surface area contributed by atoms with Crippen LogP contribution in [0.1, 0.15) is 6.92 Å². The summed E-state index contributed by atoms with van der Waals surface area (Å²) in [7, 11) is 0. The van der Waals surface area contributed by atoms with Crippen LogP contribution in [-0.2, 0) is 4.79 Å². The first-order chi connectivity index (χ1) is 5.20. The van der Waals surface area contributed by atoms with Gasteiger partial charge in [-0.1, -0.05) is 5.21 Å². The van der Waals surface area contributed by atoms with Crippen LogP contribution in [0, 0.1) is 0 Å². The molecule has 1 unspecified atom stereocenters. The molecule has 0 radical (unpaired) electrons. The zero-order chi connectivity index (χ0) is 8.27. The van der Waals surface area contributed by atoms with E-state index in [1.165, 1.54) is 10.3 Å². The molecule has 1 N–H and O–H groups in total. The Bertz CT molecular complexity index is 236. The lowest BCUT2D eigenvalue weighted by atomic mass is 10.5. The Kier molecular flexibility index (Phi) is 2.48. The van der Waals surface area contributed by atoms with Crippen LogP contribution < -0.4 is 0 Å². The maximum Gasteiger partial charge on any atom is 0.318 e. The van der Waals surface area contributed by atoms with Crippen LogP contribution in [0.4, 0.5) is 0 Å². The van der Waals surface area contributed by atoms with Crippen molar-refractivity contribution >= 4 is 17.9 Å². The molecule has 1 atom stereocenters. The fraction of sp³-hybridized carbons (Fsp3) is 0.400. The van der Waals surface area contributed by atoms with Crippen molar-refractivity contribution in [2.75, 3.05) is 0 Å². The predicted octanol–water partition coefficient (Wildman–Crippen LogP) is 0.247. The molecule has 0 aliphatic heterocycles. The summed E-state index contributed by atoms with van der Waals surface area (Å²) in [5.41, 5.74) is 0. The maximum absolute atomic E-state index is 10.3. The number of carboxylic acids is 1. The molecule has 0 aromatic carbocycles. The van der Waals surface area contributed by atoms with Crippen molar-refractivity contribution in [1.82, 2.24) is 14.4 Å². The van der Waals surface area contributed by atoms with Gasteiger partial charge in [-0.3, -0.25) is 4.79 Å². The van der Waals surface area contributed by atoms with Crippen LogP contribution >= 0.6 is 11.9 Å². The van der Waals surface area contributed by atoms with Gasteiger partial charge in [0.15, 0.2) is 0 Å². The highest BCUT2D eigenvalue weighted by atomic mass is 32.2. The first-order valence-electron chi connectivity index (χ1n) is 2.96. The Labute approximate surface area is 67.5 Å². The summed E-state index contributed by atoms with van der Waals surface area (Å²) < 4.78 is 1.42. The summed E-state index contributed by atoms with van der Waals surface area (Å²) in [6.45, 7) is 1.59. The van der Waals surface area contributed by atoms with Crippen LogP contribution in [0.5, 0.6) is 0 Å². The van der Waals surface area contributed by atoms with Crippen molar-refractivity contribution in [3.8, 4) is 0 Å². The molecule has 6 heteroatoms. The average Bonchev–Trinajstić information content (AvgIpc) is 2.39. The molecule has 1 aromatic heterocycles. The van der Waals surface area contributed by atoms with E-state index >= 15 is 0 Å². The van der Waals surface area contributed by atoms with E-state index < -0.39 is 11.2 Å². The largest absolute Gasteiger partial charge is 0.480 e. The average molecular weight is 173 g/mol. The van der Waals surface area contributed by atoms with Gasteiger partial charge in [0.2, 0.25) is 0 Å². The molecule has 0 bridgehead atoms. The van der Waals surface area contributed by atoms with Gasteiger partial charge >= 0.3 is 5.97 Å². The van der Waals surface area contributed by atoms with Crippen molar-refractivity contribution in [3.63, 3.8) is 0 Å². The van der Waals surface area contributed by atoms with E-state index in [1.807, 2.05) is 0 Å². The van der Waals surface area contributed by atoms with Gasteiger partial charge in [-0.25, -0.2) is 0 Å². The second-order valence-corrected chi connectivity index (χ2v) is 3.18. The van der Waals surface area contributed by atoms with E-state index in [9.17, 15) is 4.79 Å². The molecule has 5 nitrogen and oxygen atoms in total. The van der Waals surface area contributed by atoms with Crippen LogP contribution in [0.15, 0.2) is 12.4 Å². The molecule has 0 saturated heterocycles. The molecule has 60 valence electrons. The summed E-state index contributed by atoms with van der Waals surface area (Å²) in [4.78, 5) is 10.3. The summed E-state index contributed by atoms with van der Waals surface area (Å²) >= 11 is 1.10. The van der Waals surface area contributed by atoms with Gasteiger partial charge in [0.1, 0.15) is 5.25 Å². The third-order valence-electron chi connectivity index (χ3n) is 1.01. The van der Waals surface area contributed by atoms with Gasteiger partial charge in [0.05, 0.1) is 12.4 Å². The molecule has 1 rings (SSSR count). The normalized spacial score (nSPS) is 12.8. The van der Waals surface area contributed by atoms with E-state index in [4.69, 9.17) is 5.11 Å². The first-order valence-corrected chi connectivity index (χ1v) is 3.80. The third kappa shape index (κ3) is 2.23. The maximum atomic E-state index is 10.3. The van der Waals surface area contributed by atoms with E-state index in [0.717, 1.165) is 11.9 Å². The minimum atomic E-state index is -0.856. The Morgan fingerprint density at radius 3 is 3.00 bits per heavy atom. The number of aromatic nitrogens is 3. The van der Waals surface area contributed by atoms with Gasteiger partial charge in [-0.05, 0) is 18.9 Å². The van der Waals surface area contributed by atoms with Gasteiger partial charge in [-0.2, -0.15) is 4.09 Å². The quantitative estimate of drug-likeness (QED) is 0.709. The van der Waals surface area contributed by atoms with Crippen molar-refractivity contribution < 1.29 is 9.90 Å². The molecular weight excluding hydrogens is 166 g/mol. The van der Waals surface area contributed by atoms with Gasteiger partial charge in [0, 0.05) is 0 Å². The minimum absolute atomic E-state index is 0.503. The predicted molar refractivity (Wildman–Crippen MR) is 40.1 cm³/mol. The second-order valence-electron chi connectivity index (χ2n) is 1.89. The highest BCUT2D eigenvalue weighted by Crippen LogP contribution is 2.10. The van der Waals surface area contributed by atoms with Crippen LogP contribution in [-0.4, -0.2) is 30.7 Å². The Morgan fingerprint density at radius 1 is 1.82 bits per heavy atom. The van der Waals surface area contributed by atoms with Crippen LogP contribution in [0.3, 0.4) is 0 Å². The number of aliphatic carboxylic acids is 1. The Morgan fingerprint density at radius 2 is 2.55 bits per heavy atom. The van der Waals surface area contributed by atoms with Crippen molar-refractivity contribution in [2.45, 2.75) is 12.2 Å². The zero-order valence-corrected chi connectivity index (χ0v) is 6.65. The molecule has 1 heterocycles. The molecular formula is C5H7N3O2S. The van der Waals surface area contributed by atoms with Crippen molar-refractivity contribution in [3.05, 3.63) is 12.4 Å². The van der Waals surface area contributed by atoms with Crippen LogP contribution in [0.25, 0.3) is 0 Å².